The van der Waals surface area contributed by atoms with Crippen molar-refractivity contribution in [2.75, 3.05) is 6.61 Å². The van der Waals surface area contributed by atoms with Gasteiger partial charge >= 0.3 is 0 Å². The van der Waals surface area contributed by atoms with Gasteiger partial charge in [-0.05, 0) is 18.6 Å². The minimum Gasteiger partial charge on any atom is -0.396 e. The molecule has 102 valence electrons. The van der Waals surface area contributed by atoms with Crippen LogP contribution in [0.4, 0.5) is 0 Å². The van der Waals surface area contributed by atoms with E-state index in [0.29, 0.717) is 22.7 Å². The van der Waals surface area contributed by atoms with Crippen molar-refractivity contribution >= 4 is 27.7 Å². The molecule has 0 amide bonds. The second kappa shape index (κ2) is 7.07. The van der Waals surface area contributed by atoms with Crippen LogP contribution in [0.25, 0.3) is 11.4 Å². The smallest absolute Gasteiger partial charge is 0.236 e. The minimum absolute atomic E-state index is 0.210. The van der Waals surface area contributed by atoms with Crippen LogP contribution in [-0.2, 0) is 5.75 Å². The van der Waals surface area contributed by atoms with Gasteiger partial charge in [0.1, 0.15) is 0 Å². The number of aromatic nitrogens is 2. The van der Waals surface area contributed by atoms with Crippen molar-refractivity contribution in [3.05, 3.63) is 34.6 Å². The number of benzene rings is 1. The molecule has 0 radical (unpaired) electrons. The highest BCUT2D eigenvalue weighted by Gasteiger charge is 2.10. The highest BCUT2D eigenvalue weighted by Crippen LogP contribution is 2.23. The van der Waals surface area contributed by atoms with E-state index in [9.17, 15) is 0 Å². The molecule has 2 aromatic rings. The highest BCUT2D eigenvalue weighted by atomic mass is 79.9. The van der Waals surface area contributed by atoms with Gasteiger partial charge in [-0.3, -0.25) is 0 Å². The van der Waals surface area contributed by atoms with Crippen LogP contribution in [0.5, 0.6) is 0 Å². The van der Waals surface area contributed by atoms with E-state index in [-0.39, 0.29) is 6.61 Å². The van der Waals surface area contributed by atoms with Gasteiger partial charge in [-0.15, -0.1) is 11.8 Å². The summed E-state index contributed by atoms with van der Waals surface area (Å²) in [7, 11) is 0. The van der Waals surface area contributed by atoms with Crippen molar-refractivity contribution in [1.29, 1.82) is 0 Å². The molecular weight excluding hydrogens is 328 g/mol. The Morgan fingerprint density at radius 2 is 2.32 bits per heavy atom. The fourth-order valence-corrected chi connectivity index (χ4v) is 2.75. The summed E-state index contributed by atoms with van der Waals surface area (Å²) in [4.78, 5) is 4.37. The molecule has 0 aliphatic heterocycles. The summed E-state index contributed by atoms with van der Waals surface area (Å²) in [5.74, 6) is 1.89. The van der Waals surface area contributed by atoms with E-state index in [4.69, 9.17) is 9.63 Å². The van der Waals surface area contributed by atoms with Gasteiger partial charge in [-0.25, -0.2) is 0 Å². The molecule has 19 heavy (non-hydrogen) atoms. The lowest BCUT2D eigenvalue weighted by molar-refractivity contribution is 0.289. The topological polar surface area (TPSA) is 59.2 Å². The maximum atomic E-state index is 8.84. The Balaban J connectivity index is 1.99. The maximum Gasteiger partial charge on any atom is 0.236 e. The summed E-state index contributed by atoms with van der Waals surface area (Å²) in [6.07, 6.45) is 0.775. The zero-order valence-corrected chi connectivity index (χ0v) is 12.9. The van der Waals surface area contributed by atoms with Crippen molar-refractivity contribution in [2.24, 2.45) is 0 Å². The maximum absolute atomic E-state index is 8.84. The van der Waals surface area contributed by atoms with Crippen LogP contribution < -0.4 is 0 Å². The van der Waals surface area contributed by atoms with Crippen molar-refractivity contribution in [1.82, 2.24) is 10.1 Å². The summed E-state index contributed by atoms with van der Waals surface area (Å²) in [5.41, 5.74) is 0.929. The molecule has 0 fully saturated rings. The molecule has 6 heteroatoms. The second-order valence-corrected chi connectivity index (χ2v) is 6.50. The largest absolute Gasteiger partial charge is 0.396 e. The predicted octanol–water partition coefficient (Wildman–Crippen LogP) is 3.50. The Kier molecular flexibility index (Phi) is 5.42. The molecule has 0 aliphatic rings. The lowest BCUT2D eigenvalue weighted by Crippen LogP contribution is -1.99. The highest BCUT2D eigenvalue weighted by molar-refractivity contribution is 9.10. The zero-order valence-electron chi connectivity index (χ0n) is 10.5. The Labute approximate surface area is 124 Å². The molecule has 1 N–H and O–H groups in total. The number of nitrogens with zero attached hydrogens (tertiary/aromatic N) is 2. The van der Waals surface area contributed by atoms with Crippen molar-refractivity contribution < 1.29 is 9.63 Å². The third-order valence-corrected chi connectivity index (χ3v) is 4.29. The fourth-order valence-electron chi connectivity index (χ4n) is 1.54. The first-order chi connectivity index (χ1) is 9.19. The van der Waals surface area contributed by atoms with Gasteiger partial charge in [0, 0.05) is 21.9 Å². The lowest BCUT2D eigenvalue weighted by Gasteiger charge is -2.05. The van der Waals surface area contributed by atoms with Crippen LogP contribution in [-0.4, -0.2) is 27.1 Å². The van der Waals surface area contributed by atoms with Crippen LogP contribution in [0.3, 0.4) is 0 Å². The number of rotatable bonds is 6. The Bertz CT molecular complexity index is 533. The lowest BCUT2D eigenvalue weighted by atomic mass is 10.2. The van der Waals surface area contributed by atoms with Gasteiger partial charge in [-0.2, -0.15) is 4.98 Å². The molecular formula is C13H15BrN2O2S. The van der Waals surface area contributed by atoms with Crippen LogP contribution in [0.1, 0.15) is 19.2 Å². The number of halogens is 1. The van der Waals surface area contributed by atoms with Crippen molar-refractivity contribution in [2.45, 2.75) is 24.3 Å². The van der Waals surface area contributed by atoms with Crippen LogP contribution in [0, 0.1) is 0 Å². The van der Waals surface area contributed by atoms with Crippen LogP contribution in [0.2, 0.25) is 0 Å². The number of aliphatic hydroxyl groups excluding tert-OH is 1. The first kappa shape index (κ1) is 14.6. The van der Waals surface area contributed by atoms with Crippen LogP contribution >= 0.6 is 27.7 Å². The Hall–Kier alpha value is -0.850. The van der Waals surface area contributed by atoms with Gasteiger partial charge in [-0.1, -0.05) is 40.1 Å². The monoisotopic (exact) mass is 342 g/mol. The number of hydrogen-bond acceptors (Lipinski definition) is 5. The molecule has 1 atom stereocenters. The van der Waals surface area contributed by atoms with Gasteiger partial charge in [0.2, 0.25) is 11.7 Å². The van der Waals surface area contributed by atoms with E-state index in [0.717, 1.165) is 16.5 Å². The summed E-state index contributed by atoms with van der Waals surface area (Å²) in [6, 6.07) is 7.79. The van der Waals surface area contributed by atoms with E-state index in [1.54, 1.807) is 11.8 Å². The first-order valence-electron chi connectivity index (χ1n) is 6.00. The predicted molar refractivity (Wildman–Crippen MR) is 79.9 cm³/mol. The molecule has 1 heterocycles. The number of hydrogen-bond donors (Lipinski definition) is 1. The van der Waals surface area contributed by atoms with E-state index in [2.05, 4.69) is 33.0 Å². The van der Waals surface area contributed by atoms with Crippen LogP contribution in [0.15, 0.2) is 33.3 Å². The normalized spacial score (nSPS) is 12.6. The molecule has 1 unspecified atom stereocenters. The molecule has 0 bridgehead atoms. The third-order valence-electron chi connectivity index (χ3n) is 2.58. The Morgan fingerprint density at radius 3 is 3.05 bits per heavy atom. The molecule has 0 saturated carbocycles. The summed E-state index contributed by atoms with van der Waals surface area (Å²) in [5, 5.41) is 13.2. The van der Waals surface area contributed by atoms with Gasteiger partial charge in [0.25, 0.3) is 0 Å². The van der Waals surface area contributed by atoms with Gasteiger partial charge in [0.05, 0.1) is 5.75 Å². The third kappa shape index (κ3) is 4.33. The SMILES string of the molecule is CC(CCO)SCc1nc(-c2cccc(Br)c2)no1. The molecule has 2 rings (SSSR count). The number of thioether (sulfide) groups is 1. The van der Waals surface area contributed by atoms with Crippen molar-refractivity contribution in [3.8, 4) is 11.4 Å². The summed E-state index contributed by atoms with van der Waals surface area (Å²) >= 11 is 5.12. The first-order valence-corrected chi connectivity index (χ1v) is 7.84. The van der Waals surface area contributed by atoms with Gasteiger partial charge < -0.3 is 9.63 Å². The van der Waals surface area contributed by atoms with E-state index in [1.807, 2.05) is 24.3 Å². The minimum atomic E-state index is 0.210. The van der Waals surface area contributed by atoms with Gasteiger partial charge in [0.15, 0.2) is 0 Å². The van der Waals surface area contributed by atoms with Crippen molar-refractivity contribution in [3.63, 3.8) is 0 Å². The van der Waals surface area contributed by atoms with E-state index >= 15 is 0 Å². The molecule has 0 saturated heterocycles. The van der Waals surface area contributed by atoms with E-state index in [1.165, 1.54) is 0 Å². The Morgan fingerprint density at radius 1 is 1.47 bits per heavy atom. The molecule has 4 nitrogen and oxygen atoms in total. The molecule has 0 aliphatic carbocycles. The second-order valence-electron chi connectivity index (χ2n) is 4.16. The summed E-state index contributed by atoms with van der Waals surface area (Å²) in [6.45, 7) is 2.29. The standard InChI is InChI=1S/C13H15BrN2O2S/c1-9(5-6-17)19-8-12-15-13(16-18-12)10-3-2-4-11(14)7-10/h2-4,7,9,17H,5-6,8H2,1H3. The average Bonchev–Trinajstić information content (AvgIpc) is 2.85. The summed E-state index contributed by atoms with van der Waals surface area (Å²) < 4.78 is 6.22. The number of aliphatic hydroxyl groups is 1. The quantitative estimate of drug-likeness (QED) is 0.870. The average molecular weight is 343 g/mol. The molecule has 0 spiro atoms. The molecule has 1 aromatic heterocycles. The van der Waals surface area contributed by atoms with E-state index < -0.39 is 0 Å². The zero-order chi connectivity index (χ0) is 13.7. The fraction of sp³-hybridized carbons (Fsp3) is 0.385. The molecule has 1 aromatic carbocycles.